The molecule has 9 heteroatoms. The lowest BCUT2D eigenvalue weighted by Gasteiger charge is -2.62. The highest BCUT2D eigenvalue weighted by molar-refractivity contribution is 5.89. The number of carbonyl (C=O) groups is 3. The number of fused-ring (bicyclic) bond motifs is 5. The first-order chi connectivity index (χ1) is 21.4. The summed E-state index contributed by atoms with van der Waals surface area (Å²) in [6.07, 6.45) is 8.03. The first kappa shape index (κ1) is 33.6. The molecule has 0 radical (unpaired) electrons. The molecule has 0 bridgehead atoms. The fourth-order valence-electron chi connectivity index (χ4n) is 10.2. The van der Waals surface area contributed by atoms with Crippen molar-refractivity contribution in [1.29, 1.82) is 0 Å². The van der Waals surface area contributed by atoms with Crippen LogP contribution in [0, 0.1) is 46.3 Å². The Labute approximate surface area is 268 Å². The molecule has 0 heterocycles. The molecule has 2 amide bonds. The molecule has 4 aliphatic rings. The van der Waals surface area contributed by atoms with Crippen LogP contribution in [-0.2, 0) is 19.0 Å². The number of hydrogen-bond donors (Lipinski definition) is 3. The Morgan fingerprint density at radius 3 is 2.49 bits per heavy atom. The summed E-state index contributed by atoms with van der Waals surface area (Å²) in [6.45, 7) is 8.82. The summed E-state index contributed by atoms with van der Waals surface area (Å²) in [7, 11) is 1.45. The molecule has 4 saturated carbocycles. The number of aliphatic hydroxyl groups is 1. The number of para-hydroxylation sites is 1. The van der Waals surface area contributed by atoms with Gasteiger partial charge < -0.3 is 30.0 Å². The predicted molar refractivity (Wildman–Crippen MR) is 171 cm³/mol. The largest absolute Gasteiger partial charge is 0.508 e. The van der Waals surface area contributed by atoms with E-state index in [2.05, 4.69) is 31.4 Å². The van der Waals surface area contributed by atoms with Crippen LogP contribution in [0.5, 0.6) is 0 Å². The first-order valence-corrected chi connectivity index (χ1v) is 17.2. The topological polar surface area (TPSA) is 123 Å². The molecule has 250 valence electrons. The third kappa shape index (κ3) is 6.98. The van der Waals surface area contributed by atoms with E-state index in [0.29, 0.717) is 47.6 Å². The molecule has 4 fully saturated rings. The van der Waals surface area contributed by atoms with Crippen molar-refractivity contribution in [2.45, 2.75) is 110 Å². The average Bonchev–Trinajstić information content (AvgIpc) is 3.38. The van der Waals surface area contributed by atoms with Crippen LogP contribution in [0.3, 0.4) is 0 Å². The molecule has 1 aromatic carbocycles. The van der Waals surface area contributed by atoms with E-state index in [1.165, 1.54) is 7.11 Å². The van der Waals surface area contributed by atoms with Crippen molar-refractivity contribution >= 4 is 23.8 Å². The number of methoxy groups -OCH3 is 1. The number of ether oxygens (including phenoxy) is 3. The standard InChI is InChI=1S/C36H54N2O7/c1-22(11-16-32(40)43-5)28-14-15-29-27-13-12-24-19-26(17-18-35(24,3)30(27)20-31(39)36(28,29)4)45-34(42)44-21-23(2)37-33(41)38-25-9-7-6-8-10-25/h6-10,22-24,26-31,39H,11-21H2,1-5H3,(H2,37,38,41)/t22-,23+,24-,26-,27+,28-,29+,30+,31+,35+,36-/m1/s1. The van der Waals surface area contributed by atoms with Crippen LogP contribution in [0.2, 0.25) is 0 Å². The molecule has 0 aliphatic heterocycles. The normalized spacial score (nSPS) is 36.7. The number of nitrogens with one attached hydrogen (secondary N) is 2. The van der Waals surface area contributed by atoms with Crippen LogP contribution >= 0.6 is 0 Å². The Kier molecular flexibility index (Phi) is 10.4. The first-order valence-electron chi connectivity index (χ1n) is 17.2. The molecule has 5 rings (SSSR count). The van der Waals surface area contributed by atoms with Gasteiger partial charge in [0, 0.05) is 12.1 Å². The Morgan fingerprint density at radius 1 is 1.00 bits per heavy atom. The molecule has 0 spiro atoms. The van der Waals surface area contributed by atoms with Gasteiger partial charge in [0.05, 0.1) is 19.3 Å². The van der Waals surface area contributed by atoms with E-state index in [0.717, 1.165) is 57.8 Å². The number of aliphatic hydroxyl groups excluding tert-OH is 1. The van der Waals surface area contributed by atoms with Gasteiger partial charge in [0.25, 0.3) is 0 Å². The van der Waals surface area contributed by atoms with E-state index >= 15 is 0 Å². The van der Waals surface area contributed by atoms with Crippen LogP contribution < -0.4 is 10.6 Å². The Balaban J connectivity index is 1.11. The second-order valence-electron chi connectivity index (χ2n) is 15.0. The Morgan fingerprint density at radius 2 is 1.76 bits per heavy atom. The molecular formula is C36H54N2O7. The third-order valence-corrected chi connectivity index (χ3v) is 12.6. The summed E-state index contributed by atoms with van der Waals surface area (Å²) in [5.41, 5.74) is 0.693. The van der Waals surface area contributed by atoms with Crippen molar-refractivity contribution in [3.8, 4) is 0 Å². The molecule has 45 heavy (non-hydrogen) atoms. The molecule has 11 atom stereocenters. The summed E-state index contributed by atoms with van der Waals surface area (Å²) in [5.74, 6) is 2.65. The second-order valence-corrected chi connectivity index (χ2v) is 15.0. The zero-order chi connectivity index (χ0) is 32.4. The number of carbonyl (C=O) groups excluding carboxylic acids is 3. The lowest BCUT2D eigenvalue weighted by molar-refractivity contribution is -0.176. The number of esters is 1. The van der Waals surface area contributed by atoms with E-state index in [4.69, 9.17) is 14.2 Å². The minimum absolute atomic E-state index is 0.0268. The van der Waals surface area contributed by atoms with E-state index in [9.17, 15) is 19.5 Å². The summed E-state index contributed by atoms with van der Waals surface area (Å²) < 4.78 is 16.1. The van der Waals surface area contributed by atoms with Crippen molar-refractivity contribution in [3.05, 3.63) is 30.3 Å². The smallest absolute Gasteiger partial charge is 0.469 e. The maximum absolute atomic E-state index is 12.6. The van der Waals surface area contributed by atoms with Crippen LogP contribution in [0.1, 0.15) is 91.9 Å². The lowest BCUT2D eigenvalue weighted by Crippen LogP contribution is -2.59. The van der Waals surface area contributed by atoms with Crippen molar-refractivity contribution in [3.63, 3.8) is 0 Å². The van der Waals surface area contributed by atoms with Gasteiger partial charge in [0.15, 0.2) is 0 Å². The number of benzene rings is 1. The zero-order valence-corrected chi connectivity index (χ0v) is 27.8. The van der Waals surface area contributed by atoms with Crippen LogP contribution in [0.25, 0.3) is 0 Å². The van der Waals surface area contributed by atoms with Gasteiger partial charge in [-0.1, -0.05) is 39.0 Å². The highest BCUT2D eigenvalue weighted by atomic mass is 16.7. The van der Waals surface area contributed by atoms with Gasteiger partial charge >= 0.3 is 18.2 Å². The molecule has 4 aliphatic carbocycles. The molecular weight excluding hydrogens is 572 g/mol. The van der Waals surface area contributed by atoms with E-state index in [-0.39, 0.29) is 47.7 Å². The van der Waals surface area contributed by atoms with E-state index in [1.807, 2.05) is 18.2 Å². The fourth-order valence-corrected chi connectivity index (χ4v) is 10.2. The Hall–Kier alpha value is -2.81. The van der Waals surface area contributed by atoms with E-state index in [1.54, 1.807) is 19.1 Å². The zero-order valence-electron chi connectivity index (χ0n) is 27.8. The molecule has 3 N–H and O–H groups in total. The molecule has 0 aromatic heterocycles. The second kappa shape index (κ2) is 13.9. The van der Waals surface area contributed by atoms with Crippen molar-refractivity contribution in [2.24, 2.45) is 46.3 Å². The van der Waals surface area contributed by atoms with Gasteiger partial charge in [-0.3, -0.25) is 4.79 Å². The van der Waals surface area contributed by atoms with Gasteiger partial charge in [-0.15, -0.1) is 0 Å². The minimum atomic E-state index is -0.684. The number of rotatable bonds is 9. The van der Waals surface area contributed by atoms with Gasteiger partial charge in [-0.05, 0) is 123 Å². The predicted octanol–water partition coefficient (Wildman–Crippen LogP) is 6.94. The van der Waals surface area contributed by atoms with Crippen LogP contribution in [-0.4, -0.2) is 55.2 Å². The van der Waals surface area contributed by atoms with Crippen molar-refractivity contribution < 1.29 is 33.7 Å². The molecule has 0 saturated heterocycles. The summed E-state index contributed by atoms with van der Waals surface area (Å²) in [4.78, 5) is 36.7. The molecule has 1 aromatic rings. The molecule has 0 unspecified atom stereocenters. The monoisotopic (exact) mass is 626 g/mol. The average molecular weight is 627 g/mol. The summed E-state index contributed by atoms with van der Waals surface area (Å²) >= 11 is 0. The van der Waals surface area contributed by atoms with Gasteiger partial charge in [0.2, 0.25) is 0 Å². The summed E-state index contributed by atoms with van der Waals surface area (Å²) in [5, 5.41) is 17.4. The van der Waals surface area contributed by atoms with Gasteiger partial charge in [-0.25, -0.2) is 9.59 Å². The highest BCUT2D eigenvalue weighted by Crippen LogP contribution is 2.68. The van der Waals surface area contributed by atoms with Crippen LogP contribution in [0.4, 0.5) is 15.3 Å². The maximum atomic E-state index is 12.6. The van der Waals surface area contributed by atoms with Crippen molar-refractivity contribution in [2.75, 3.05) is 19.0 Å². The lowest BCUT2D eigenvalue weighted by atomic mass is 9.43. The van der Waals surface area contributed by atoms with Crippen LogP contribution in [0.15, 0.2) is 30.3 Å². The Bertz CT molecular complexity index is 1200. The number of hydrogen-bond acceptors (Lipinski definition) is 7. The fraction of sp³-hybridized carbons (Fsp3) is 0.750. The third-order valence-electron chi connectivity index (χ3n) is 12.6. The quantitative estimate of drug-likeness (QED) is 0.254. The van der Waals surface area contributed by atoms with E-state index < -0.39 is 6.16 Å². The maximum Gasteiger partial charge on any atom is 0.508 e. The SMILES string of the molecule is COC(=O)CC[C@@H](C)[C@H]1CC[C@H]2[C@@H]3CC[C@@H]4C[C@H](OC(=O)OC[C@H](C)NC(=O)Nc5ccccc5)CC[C@]4(C)[C@H]3C[C@H](O)[C@]12C. The number of urea groups is 1. The summed E-state index contributed by atoms with van der Waals surface area (Å²) in [6, 6.07) is 8.43. The molecule has 9 nitrogen and oxygen atoms in total. The number of anilines is 1. The minimum Gasteiger partial charge on any atom is -0.469 e. The van der Waals surface area contributed by atoms with Gasteiger partial charge in [0.1, 0.15) is 12.7 Å². The van der Waals surface area contributed by atoms with Crippen molar-refractivity contribution in [1.82, 2.24) is 5.32 Å². The van der Waals surface area contributed by atoms with Gasteiger partial charge in [-0.2, -0.15) is 0 Å². The highest BCUT2D eigenvalue weighted by Gasteiger charge is 2.63. The number of amides is 2.